The molecular weight excluding hydrogens is 469 g/mol. The lowest BCUT2D eigenvalue weighted by Crippen LogP contribution is -2.37. The molecule has 0 aromatic carbocycles. The van der Waals surface area contributed by atoms with Gasteiger partial charge in [-0.1, -0.05) is 55.5 Å². The molecule has 0 radical (unpaired) electrons. The van der Waals surface area contributed by atoms with Crippen LogP contribution in [0.4, 0.5) is 0 Å². The number of esters is 1. The molecular formula is C26H47NO7P+. The number of allylic oxidation sites excluding steroid dienone is 8. The van der Waals surface area contributed by atoms with Gasteiger partial charge in [0.1, 0.15) is 25.9 Å². The summed E-state index contributed by atoms with van der Waals surface area (Å²) in [5.74, 6) is -0.416. The topological polar surface area (TPSA) is 102 Å². The predicted octanol–water partition coefficient (Wildman–Crippen LogP) is 5.10. The third kappa shape index (κ3) is 25.4. The number of hydrogen-bond donors (Lipinski definition) is 2. The second kappa shape index (κ2) is 20.6. The zero-order chi connectivity index (χ0) is 26.4. The normalized spacial score (nSPS) is 15.5. The molecule has 35 heavy (non-hydrogen) atoms. The maximum atomic E-state index is 11.8. The molecule has 0 aliphatic rings. The molecule has 9 heteroatoms. The number of phosphoric ester groups is 1. The first-order chi connectivity index (χ1) is 16.6. The van der Waals surface area contributed by atoms with E-state index >= 15 is 0 Å². The summed E-state index contributed by atoms with van der Waals surface area (Å²) in [5.41, 5.74) is 0. The Morgan fingerprint density at radius 2 is 1.46 bits per heavy atom. The quantitative estimate of drug-likeness (QED) is 0.0720. The van der Waals surface area contributed by atoms with Crippen molar-refractivity contribution in [3.8, 4) is 0 Å². The predicted molar refractivity (Wildman–Crippen MR) is 141 cm³/mol. The summed E-state index contributed by atoms with van der Waals surface area (Å²) in [6.07, 6.45) is 22.6. The van der Waals surface area contributed by atoms with E-state index in [0.717, 1.165) is 38.5 Å². The molecule has 0 aromatic rings. The van der Waals surface area contributed by atoms with Crippen molar-refractivity contribution in [3.63, 3.8) is 0 Å². The third-order valence-electron chi connectivity index (χ3n) is 4.60. The summed E-state index contributed by atoms with van der Waals surface area (Å²) >= 11 is 0. The number of unbranched alkanes of at least 4 members (excludes halogenated alkanes) is 2. The standard InChI is InChI=1S/C26H46NO7P/c1-5-6-7-8-9-10-11-12-13-14-15-16-17-18-19-20-26(29)32-23-25(28)24-34-35(30,31)33-22-21-27(2,3)4/h6-7,9-10,12-13,15-16,25,28H,5,8,11,14,17-24H2,1-4H3/p+1/b7-6-,10-9-,13-12-,16-15-/t25-/m1/s1. The molecule has 0 saturated heterocycles. The largest absolute Gasteiger partial charge is 0.472 e. The zero-order valence-electron chi connectivity index (χ0n) is 22.0. The fourth-order valence-electron chi connectivity index (χ4n) is 2.59. The number of quaternary nitrogens is 1. The summed E-state index contributed by atoms with van der Waals surface area (Å²) in [4.78, 5) is 21.4. The smallest absolute Gasteiger partial charge is 0.463 e. The lowest BCUT2D eigenvalue weighted by Gasteiger charge is -2.24. The van der Waals surface area contributed by atoms with Gasteiger partial charge >= 0.3 is 13.8 Å². The molecule has 1 unspecified atom stereocenters. The van der Waals surface area contributed by atoms with Crippen molar-refractivity contribution in [1.29, 1.82) is 0 Å². The van der Waals surface area contributed by atoms with Crippen molar-refractivity contribution in [2.24, 2.45) is 0 Å². The molecule has 8 nitrogen and oxygen atoms in total. The Hall–Kier alpha value is -1.54. The molecule has 0 spiro atoms. The van der Waals surface area contributed by atoms with Crippen LogP contribution in [0.15, 0.2) is 48.6 Å². The number of phosphoric acid groups is 1. The monoisotopic (exact) mass is 516 g/mol. The van der Waals surface area contributed by atoms with E-state index in [4.69, 9.17) is 13.8 Å². The van der Waals surface area contributed by atoms with E-state index < -0.39 is 26.5 Å². The molecule has 2 atom stereocenters. The van der Waals surface area contributed by atoms with Gasteiger partial charge in [-0.2, -0.15) is 0 Å². The number of rotatable bonds is 21. The SMILES string of the molecule is CC/C=C\C/C=C\C/C=C\C/C=C\CCCCC(=O)OC[C@@H](O)COP(=O)(O)OCC[N+](C)(C)C. The lowest BCUT2D eigenvalue weighted by molar-refractivity contribution is -0.870. The molecule has 0 fully saturated rings. The van der Waals surface area contributed by atoms with Crippen molar-refractivity contribution in [1.82, 2.24) is 0 Å². The Balaban J connectivity index is 3.75. The van der Waals surface area contributed by atoms with Gasteiger partial charge in [0.25, 0.3) is 0 Å². The van der Waals surface area contributed by atoms with Crippen molar-refractivity contribution in [2.45, 2.75) is 64.4 Å². The van der Waals surface area contributed by atoms with Gasteiger partial charge in [0.2, 0.25) is 0 Å². The summed E-state index contributed by atoms with van der Waals surface area (Å²) in [6.45, 7) is 1.94. The average Bonchev–Trinajstić information content (AvgIpc) is 2.78. The van der Waals surface area contributed by atoms with E-state index in [-0.39, 0.29) is 19.6 Å². The van der Waals surface area contributed by atoms with Crippen molar-refractivity contribution >= 4 is 13.8 Å². The molecule has 0 amide bonds. The van der Waals surface area contributed by atoms with Gasteiger partial charge in [0, 0.05) is 6.42 Å². The minimum absolute atomic E-state index is 0.0449. The molecule has 0 bridgehead atoms. The van der Waals surface area contributed by atoms with Crippen molar-refractivity contribution in [2.75, 3.05) is 47.5 Å². The van der Waals surface area contributed by atoms with Gasteiger partial charge in [-0.25, -0.2) is 4.57 Å². The highest BCUT2D eigenvalue weighted by molar-refractivity contribution is 7.47. The lowest BCUT2D eigenvalue weighted by atomic mass is 10.2. The first-order valence-electron chi connectivity index (χ1n) is 12.4. The molecule has 0 aliphatic carbocycles. The van der Waals surface area contributed by atoms with E-state index in [0.29, 0.717) is 17.4 Å². The first kappa shape index (κ1) is 33.5. The van der Waals surface area contributed by atoms with Crippen LogP contribution in [0.25, 0.3) is 0 Å². The fourth-order valence-corrected chi connectivity index (χ4v) is 3.33. The molecule has 0 saturated carbocycles. The average molecular weight is 517 g/mol. The van der Waals surface area contributed by atoms with E-state index in [1.165, 1.54) is 0 Å². The van der Waals surface area contributed by atoms with Crippen LogP contribution in [0, 0.1) is 0 Å². The second-order valence-electron chi connectivity index (χ2n) is 9.20. The van der Waals surface area contributed by atoms with E-state index in [2.05, 4.69) is 55.5 Å². The minimum Gasteiger partial charge on any atom is -0.463 e. The molecule has 2 N–H and O–H groups in total. The van der Waals surface area contributed by atoms with E-state index in [9.17, 15) is 19.4 Å². The Bertz CT molecular complexity index is 711. The number of aliphatic hydroxyl groups is 1. The Morgan fingerprint density at radius 3 is 2.03 bits per heavy atom. The van der Waals surface area contributed by atoms with Crippen molar-refractivity contribution in [3.05, 3.63) is 48.6 Å². The van der Waals surface area contributed by atoms with E-state index in [1.807, 2.05) is 21.1 Å². The van der Waals surface area contributed by atoms with Crippen molar-refractivity contribution < 1.29 is 37.6 Å². The van der Waals surface area contributed by atoms with Crippen LogP contribution >= 0.6 is 7.82 Å². The van der Waals surface area contributed by atoms with Gasteiger partial charge in [-0.3, -0.25) is 13.8 Å². The summed E-state index contributed by atoms with van der Waals surface area (Å²) in [7, 11) is 1.52. The van der Waals surface area contributed by atoms with Gasteiger partial charge in [0.05, 0.1) is 27.7 Å². The minimum atomic E-state index is -4.25. The maximum Gasteiger partial charge on any atom is 0.472 e. The highest BCUT2D eigenvalue weighted by Crippen LogP contribution is 2.43. The van der Waals surface area contributed by atoms with Crippen LogP contribution in [-0.2, 0) is 23.1 Å². The Kier molecular flexibility index (Phi) is 19.7. The van der Waals surface area contributed by atoms with Gasteiger partial charge in [0.15, 0.2) is 0 Å². The Labute approximate surface area is 212 Å². The second-order valence-corrected chi connectivity index (χ2v) is 10.6. The van der Waals surface area contributed by atoms with Crippen LogP contribution in [0.2, 0.25) is 0 Å². The molecule has 0 aliphatic heterocycles. The third-order valence-corrected chi connectivity index (χ3v) is 5.59. The maximum absolute atomic E-state index is 11.8. The highest BCUT2D eigenvalue weighted by Gasteiger charge is 2.24. The Morgan fingerprint density at radius 1 is 0.886 bits per heavy atom. The number of carbonyl (C=O) groups excluding carboxylic acids is 1. The van der Waals surface area contributed by atoms with Crippen LogP contribution in [0.1, 0.15) is 58.3 Å². The number of likely N-dealkylation sites (N-methyl/N-ethyl adjacent to an activating group) is 1. The van der Waals surface area contributed by atoms with Crippen LogP contribution in [0.3, 0.4) is 0 Å². The van der Waals surface area contributed by atoms with Crippen LogP contribution in [-0.4, -0.2) is 74.1 Å². The van der Waals surface area contributed by atoms with Gasteiger partial charge in [-0.05, 0) is 44.9 Å². The van der Waals surface area contributed by atoms with E-state index in [1.54, 1.807) is 0 Å². The van der Waals surface area contributed by atoms with Gasteiger partial charge in [-0.15, -0.1) is 0 Å². The number of aliphatic hydroxyl groups excluding tert-OH is 1. The number of carbonyl (C=O) groups is 1. The first-order valence-corrected chi connectivity index (χ1v) is 13.9. The summed E-state index contributed by atoms with van der Waals surface area (Å²) in [6, 6.07) is 0. The molecule has 0 aromatic heterocycles. The summed E-state index contributed by atoms with van der Waals surface area (Å²) < 4.78 is 27.0. The molecule has 0 rings (SSSR count). The number of hydrogen-bond acceptors (Lipinski definition) is 6. The number of ether oxygens (including phenoxy) is 1. The molecule has 202 valence electrons. The summed E-state index contributed by atoms with van der Waals surface area (Å²) in [5, 5.41) is 9.81. The zero-order valence-corrected chi connectivity index (χ0v) is 22.9. The van der Waals surface area contributed by atoms with Gasteiger partial charge < -0.3 is 19.2 Å². The fraction of sp³-hybridized carbons (Fsp3) is 0.654. The highest BCUT2D eigenvalue weighted by atomic mass is 31.2. The van der Waals surface area contributed by atoms with Crippen LogP contribution in [0.5, 0.6) is 0 Å². The number of nitrogens with zero attached hydrogens (tertiary/aromatic N) is 1. The van der Waals surface area contributed by atoms with Crippen LogP contribution < -0.4 is 0 Å². The molecule has 0 heterocycles.